The largest absolute Gasteiger partial charge is 0.300 e. The molecule has 2 aromatic rings. The molecule has 216 valence electrons. The third-order valence-corrected chi connectivity index (χ3v) is 6.50. The van der Waals surface area contributed by atoms with Crippen LogP contribution in [0.5, 0.6) is 0 Å². The summed E-state index contributed by atoms with van der Waals surface area (Å²) in [5.74, 6) is 0.282. The molecule has 1 atom stereocenters. The summed E-state index contributed by atoms with van der Waals surface area (Å²) in [4.78, 5) is 26.4. The van der Waals surface area contributed by atoms with Crippen LogP contribution < -0.4 is 0 Å². The first-order valence-electron chi connectivity index (χ1n) is 15.3. The van der Waals surface area contributed by atoms with Crippen LogP contribution in [-0.2, 0) is 9.59 Å². The van der Waals surface area contributed by atoms with E-state index in [4.69, 9.17) is 0 Å². The number of hydrogen-bond acceptors (Lipinski definition) is 2. The number of carbonyl (C=O) groups is 2. The summed E-state index contributed by atoms with van der Waals surface area (Å²) in [5.41, 5.74) is 5.52. The lowest BCUT2D eigenvalue weighted by Crippen LogP contribution is -2.29. The highest BCUT2D eigenvalue weighted by molar-refractivity contribution is 6.02. The fraction of sp³-hybridized carbons (Fsp3) is 0.514. The van der Waals surface area contributed by atoms with E-state index in [1.165, 1.54) is 0 Å². The molecule has 1 aliphatic rings. The van der Waals surface area contributed by atoms with E-state index in [1.54, 1.807) is 0 Å². The van der Waals surface area contributed by atoms with Gasteiger partial charge in [0.15, 0.2) is 5.78 Å². The van der Waals surface area contributed by atoms with Crippen molar-refractivity contribution in [2.75, 3.05) is 0 Å². The van der Waals surface area contributed by atoms with Crippen molar-refractivity contribution >= 4 is 11.6 Å². The highest BCUT2D eigenvalue weighted by atomic mass is 16.1. The molecule has 0 heterocycles. The molecule has 0 amide bonds. The van der Waals surface area contributed by atoms with Crippen molar-refractivity contribution in [3.8, 4) is 0 Å². The van der Waals surface area contributed by atoms with Gasteiger partial charge in [-0.15, -0.1) is 0 Å². The van der Waals surface area contributed by atoms with E-state index >= 15 is 0 Å². The first kappa shape index (κ1) is 36.3. The molecular weight excluding hydrogens is 476 g/mol. The van der Waals surface area contributed by atoms with Crippen LogP contribution in [0.1, 0.15) is 125 Å². The molecule has 0 fully saturated rings. The second kappa shape index (κ2) is 19.3. The van der Waals surface area contributed by atoms with E-state index in [2.05, 4.69) is 65.0 Å². The molecule has 0 aromatic heterocycles. The van der Waals surface area contributed by atoms with E-state index in [0.29, 0.717) is 25.0 Å². The van der Waals surface area contributed by atoms with Crippen molar-refractivity contribution in [2.24, 2.45) is 11.3 Å². The summed E-state index contributed by atoms with van der Waals surface area (Å²) in [5, 5.41) is 0. The molecule has 1 aliphatic carbocycles. The van der Waals surface area contributed by atoms with E-state index in [9.17, 15) is 9.59 Å². The first-order valence-corrected chi connectivity index (χ1v) is 15.3. The molecule has 0 radical (unpaired) electrons. The minimum atomic E-state index is -0.217. The number of carbonyl (C=O) groups excluding carboxylic acids is 2. The Morgan fingerprint density at radius 3 is 1.69 bits per heavy atom. The molecule has 0 spiro atoms. The van der Waals surface area contributed by atoms with Crippen molar-refractivity contribution < 1.29 is 9.59 Å². The minimum absolute atomic E-state index is 0.00905. The molecule has 2 heteroatoms. The Bertz CT molecular complexity index is 981. The van der Waals surface area contributed by atoms with Gasteiger partial charge in [-0.3, -0.25) is 9.59 Å². The van der Waals surface area contributed by atoms with Gasteiger partial charge in [-0.1, -0.05) is 142 Å². The van der Waals surface area contributed by atoms with Gasteiger partial charge < -0.3 is 0 Å². The van der Waals surface area contributed by atoms with Crippen LogP contribution in [0.4, 0.5) is 0 Å². The van der Waals surface area contributed by atoms with Crippen LogP contribution in [0.25, 0.3) is 0 Å². The zero-order chi connectivity index (χ0) is 30.0. The average molecular weight is 533 g/mol. The third-order valence-electron chi connectivity index (χ3n) is 6.50. The Morgan fingerprint density at radius 1 is 0.821 bits per heavy atom. The van der Waals surface area contributed by atoms with Crippen LogP contribution >= 0.6 is 0 Å². The predicted molar refractivity (Wildman–Crippen MR) is 171 cm³/mol. The Balaban J connectivity index is 0.00000225. The average Bonchev–Trinajstić information content (AvgIpc) is 2.95. The van der Waals surface area contributed by atoms with Crippen LogP contribution in [0.2, 0.25) is 0 Å². The van der Waals surface area contributed by atoms with Crippen LogP contribution in [-0.4, -0.2) is 11.6 Å². The number of rotatable bonds is 9. The third kappa shape index (κ3) is 11.5. The molecule has 1 unspecified atom stereocenters. The van der Waals surface area contributed by atoms with Crippen LogP contribution in [0.15, 0.2) is 83.5 Å². The highest BCUT2D eigenvalue weighted by Gasteiger charge is 2.36. The molecule has 3 rings (SSSR count). The smallest absolute Gasteiger partial charge is 0.167 e. The highest BCUT2D eigenvalue weighted by Crippen LogP contribution is 2.42. The molecular formula is C37H56O2. The number of ketones is 2. The van der Waals surface area contributed by atoms with Gasteiger partial charge in [0.05, 0.1) is 5.92 Å². The summed E-state index contributed by atoms with van der Waals surface area (Å²) in [6.07, 6.45) is 5.61. The molecule has 2 nitrogen and oxygen atoms in total. The maximum absolute atomic E-state index is 14.0. The normalized spacial score (nSPS) is 14.7. The SMILES string of the molecule is CC.CC.CC.CCC1=C(CCCC(=O)CC(C)(C)C)C(=O)C(C(c2ccccc2)c2ccccc2)C(C)=C1. The zero-order valence-corrected chi connectivity index (χ0v) is 26.9. The van der Waals surface area contributed by atoms with E-state index in [-0.39, 0.29) is 23.0 Å². The lowest BCUT2D eigenvalue weighted by molar-refractivity contribution is -0.121. The topological polar surface area (TPSA) is 34.1 Å². The summed E-state index contributed by atoms with van der Waals surface area (Å²) in [6, 6.07) is 20.7. The Hall–Kier alpha value is -2.74. The number of Topliss-reactive ketones (excluding diaryl/α,β-unsaturated/α-hetero) is 2. The van der Waals surface area contributed by atoms with Gasteiger partial charge in [-0.25, -0.2) is 0 Å². The van der Waals surface area contributed by atoms with Gasteiger partial charge in [0.25, 0.3) is 0 Å². The van der Waals surface area contributed by atoms with Crippen molar-refractivity contribution in [3.63, 3.8) is 0 Å². The predicted octanol–water partition coefficient (Wildman–Crippen LogP) is 10.9. The van der Waals surface area contributed by atoms with E-state index in [1.807, 2.05) is 77.9 Å². The number of benzene rings is 2. The number of allylic oxidation sites excluding steroid dienone is 4. The second-order valence-electron chi connectivity index (χ2n) is 10.5. The van der Waals surface area contributed by atoms with E-state index < -0.39 is 0 Å². The van der Waals surface area contributed by atoms with Crippen molar-refractivity contribution in [2.45, 2.75) is 114 Å². The molecule has 0 N–H and O–H groups in total. The molecule has 0 saturated carbocycles. The van der Waals surface area contributed by atoms with Crippen LogP contribution in [0.3, 0.4) is 0 Å². The Morgan fingerprint density at radius 2 is 1.28 bits per heavy atom. The minimum Gasteiger partial charge on any atom is -0.300 e. The summed E-state index contributed by atoms with van der Waals surface area (Å²) >= 11 is 0. The molecule has 0 aliphatic heterocycles. The Labute approximate surface area is 241 Å². The lowest BCUT2D eigenvalue weighted by atomic mass is 9.69. The first-order chi connectivity index (χ1) is 18.7. The zero-order valence-electron chi connectivity index (χ0n) is 26.9. The second-order valence-corrected chi connectivity index (χ2v) is 10.5. The van der Waals surface area contributed by atoms with Gasteiger partial charge in [0.1, 0.15) is 5.78 Å². The number of hydrogen-bond donors (Lipinski definition) is 0. The van der Waals surface area contributed by atoms with Crippen molar-refractivity contribution in [3.05, 3.63) is 94.6 Å². The molecule has 2 aromatic carbocycles. The molecule has 0 saturated heterocycles. The van der Waals surface area contributed by atoms with Gasteiger partial charge >= 0.3 is 0 Å². The fourth-order valence-electron chi connectivity index (χ4n) is 5.06. The lowest BCUT2D eigenvalue weighted by Gasteiger charge is -2.32. The monoisotopic (exact) mass is 532 g/mol. The maximum Gasteiger partial charge on any atom is 0.167 e. The van der Waals surface area contributed by atoms with Gasteiger partial charge in [0, 0.05) is 18.8 Å². The fourth-order valence-corrected chi connectivity index (χ4v) is 5.06. The Kier molecular flexibility index (Phi) is 18.0. The molecule has 0 bridgehead atoms. The van der Waals surface area contributed by atoms with Crippen LogP contribution in [0, 0.1) is 11.3 Å². The van der Waals surface area contributed by atoms with Crippen molar-refractivity contribution in [1.82, 2.24) is 0 Å². The molecule has 39 heavy (non-hydrogen) atoms. The van der Waals surface area contributed by atoms with Gasteiger partial charge in [0.2, 0.25) is 0 Å². The van der Waals surface area contributed by atoms with Crippen molar-refractivity contribution in [1.29, 1.82) is 0 Å². The van der Waals surface area contributed by atoms with E-state index in [0.717, 1.165) is 40.7 Å². The van der Waals surface area contributed by atoms with Gasteiger partial charge in [-0.05, 0) is 53.9 Å². The quantitative estimate of drug-likeness (QED) is 0.322. The van der Waals surface area contributed by atoms with Gasteiger partial charge in [-0.2, -0.15) is 0 Å². The summed E-state index contributed by atoms with van der Waals surface area (Å²) in [7, 11) is 0. The maximum atomic E-state index is 14.0. The summed E-state index contributed by atoms with van der Waals surface area (Å²) in [6.45, 7) is 22.5. The summed E-state index contributed by atoms with van der Waals surface area (Å²) < 4.78 is 0. The standard InChI is InChI=1S/C31H38O2.3C2H6/c1-6-23-20-22(2)28(30(33)27(23)19-13-18-26(32)21-31(3,4)5)29(24-14-9-7-10-15-24)25-16-11-8-12-17-25;3*1-2/h7-12,14-17,20,28-29H,6,13,18-19,21H2,1-5H3;3*1-2H3.